The van der Waals surface area contributed by atoms with Gasteiger partial charge in [-0.2, -0.15) is 13.2 Å². The molecule has 0 aliphatic rings. The Morgan fingerprint density at radius 1 is 1.18 bits per heavy atom. The van der Waals surface area contributed by atoms with E-state index in [0.29, 0.717) is 5.56 Å². The van der Waals surface area contributed by atoms with Crippen LogP contribution in [0.2, 0.25) is 0 Å². The Morgan fingerprint density at radius 3 is 2.36 bits per heavy atom. The largest absolute Gasteiger partial charge is 0.471 e. The van der Waals surface area contributed by atoms with E-state index >= 15 is 0 Å². The summed E-state index contributed by atoms with van der Waals surface area (Å²) in [4.78, 5) is 22.7. The van der Waals surface area contributed by atoms with Crippen LogP contribution in [0.25, 0.3) is 0 Å². The van der Waals surface area contributed by atoms with Gasteiger partial charge < -0.3 is 10.6 Å². The van der Waals surface area contributed by atoms with Crippen molar-refractivity contribution in [2.75, 3.05) is 5.32 Å². The van der Waals surface area contributed by atoms with Crippen LogP contribution in [-0.2, 0) is 16.1 Å². The van der Waals surface area contributed by atoms with Crippen molar-refractivity contribution < 1.29 is 22.8 Å². The van der Waals surface area contributed by atoms with E-state index in [-0.39, 0.29) is 24.1 Å². The SMILES string of the molecule is CCC(CC)C(=O)NCc1cccc(NC(=O)C(F)(F)F)c1. The Morgan fingerprint density at radius 2 is 1.82 bits per heavy atom. The van der Waals surface area contributed by atoms with Crippen molar-refractivity contribution >= 4 is 17.5 Å². The van der Waals surface area contributed by atoms with E-state index in [9.17, 15) is 22.8 Å². The van der Waals surface area contributed by atoms with E-state index in [4.69, 9.17) is 0 Å². The minimum absolute atomic E-state index is 0.0385. The summed E-state index contributed by atoms with van der Waals surface area (Å²) in [5.74, 6) is -2.19. The number of carbonyl (C=O) groups excluding carboxylic acids is 2. The highest BCUT2D eigenvalue weighted by atomic mass is 19.4. The minimum Gasteiger partial charge on any atom is -0.352 e. The van der Waals surface area contributed by atoms with Crippen molar-refractivity contribution in [3.8, 4) is 0 Å². The predicted octanol–water partition coefficient (Wildman–Crippen LogP) is 3.24. The van der Waals surface area contributed by atoms with Gasteiger partial charge >= 0.3 is 12.1 Å². The summed E-state index contributed by atoms with van der Waals surface area (Å²) < 4.78 is 36.6. The van der Waals surface area contributed by atoms with Crippen LogP contribution >= 0.6 is 0 Å². The molecular formula is C15H19F3N2O2. The lowest BCUT2D eigenvalue weighted by Crippen LogP contribution is -2.30. The topological polar surface area (TPSA) is 58.2 Å². The summed E-state index contributed by atoms with van der Waals surface area (Å²) >= 11 is 0. The molecule has 122 valence electrons. The van der Waals surface area contributed by atoms with Crippen molar-refractivity contribution in [1.29, 1.82) is 0 Å². The van der Waals surface area contributed by atoms with Crippen molar-refractivity contribution in [3.05, 3.63) is 29.8 Å². The van der Waals surface area contributed by atoms with Gasteiger partial charge in [-0.1, -0.05) is 26.0 Å². The number of alkyl halides is 3. The van der Waals surface area contributed by atoms with Gasteiger partial charge in [-0.3, -0.25) is 9.59 Å². The molecule has 1 aromatic carbocycles. The lowest BCUT2D eigenvalue weighted by molar-refractivity contribution is -0.167. The van der Waals surface area contributed by atoms with Crippen molar-refractivity contribution in [2.24, 2.45) is 5.92 Å². The monoisotopic (exact) mass is 316 g/mol. The summed E-state index contributed by atoms with van der Waals surface area (Å²) in [5, 5.41) is 4.52. The zero-order valence-electron chi connectivity index (χ0n) is 12.5. The third-order valence-electron chi connectivity index (χ3n) is 3.27. The Kier molecular flexibility index (Phi) is 6.39. The first-order valence-electron chi connectivity index (χ1n) is 7.02. The van der Waals surface area contributed by atoms with Crippen LogP contribution in [0.3, 0.4) is 0 Å². The first kappa shape index (κ1) is 18.0. The molecule has 0 radical (unpaired) electrons. The first-order chi connectivity index (χ1) is 10.3. The van der Waals surface area contributed by atoms with Gasteiger partial charge in [-0.15, -0.1) is 0 Å². The smallest absolute Gasteiger partial charge is 0.352 e. The molecule has 0 aromatic heterocycles. The van der Waals surface area contributed by atoms with E-state index in [0.717, 1.165) is 12.8 Å². The molecule has 0 unspecified atom stereocenters. The molecule has 7 heteroatoms. The number of rotatable bonds is 6. The molecule has 1 rings (SSSR count). The summed E-state index contributed by atoms with van der Waals surface area (Å²) in [6, 6.07) is 5.94. The average molecular weight is 316 g/mol. The summed E-state index contributed by atoms with van der Waals surface area (Å²) in [6.07, 6.45) is -3.48. The van der Waals surface area contributed by atoms with Gasteiger partial charge in [0.2, 0.25) is 5.91 Å². The highest BCUT2D eigenvalue weighted by Crippen LogP contribution is 2.19. The molecule has 0 aliphatic heterocycles. The quantitative estimate of drug-likeness (QED) is 0.846. The number of halogens is 3. The fraction of sp³-hybridized carbons (Fsp3) is 0.467. The molecule has 0 saturated carbocycles. The van der Waals surface area contributed by atoms with Gasteiger partial charge in [0.1, 0.15) is 0 Å². The van der Waals surface area contributed by atoms with Gasteiger partial charge in [0.15, 0.2) is 0 Å². The first-order valence-corrected chi connectivity index (χ1v) is 7.02. The van der Waals surface area contributed by atoms with Gasteiger partial charge in [-0.05, 0) is 30.5 Å². The van der Waals surface area contributed by atoms with Crippen LogP contribution < -0.4 is 10.6 Å². The molecule has 2 N–H and O–H groups in total. The third kappa shape index (κ3) is 5.38. The molecule has 0 saturated heterocycles. The average Bonchev–Trinajstić information content (AvgIpc) is 2.46. The highest BCUT2D eigenvalue weighted by Gasteiger charge is 2.38. The second-order valence-electron chi connectivity index (χ2n) is 4.88. The molecule has 0 aliphatic carbocycles. The number of benzene rings is 1. The Labute approximate surface area is 127 Å². The van der Waals surface area contributed by atoms with Crippen LogP contribution in [0.5, 0.6) is 0 Å². The third-order valence-corrected chi connectivity index (χ3v) is 3.27. The molecule has 0 heterocycles. The van der Waals surface area contributed by atoms with Crippen LogP contribution in [0.4, 0.5) is 18.9 Å². The molecule has 1 aromatic rings. The van der Waals surface area contributed by atoms with E-state index < -0.39 is 12.1 Å². The highest BCUT2D eigenvalue weighted by molar-refractivity contribution is 5.94. The Balaban J connectivity index is 2.65. The van der Waals surface area contributed by atoms with Crippen LogP contribution in [0.1, 0.15) is 32.3 Å². The zero-order chi connectivity index (χ0) is 16.8. The lowest BCUT2D eigenvalue weighted by Gasteiger charge is -2.13. The van der Waals surface area contributed by atoms with E-state index in [2.05, 4.69) is 5.32 Å². The molecule has 22 heavy (non-hydrogen) atoms. The van der Waals surface area contributed by atoms with E-state index in [1.165, 1.54) is 18.2 Å². The molecule has 0 atom stereocenters. The number of carbonyl (C=O) groups is 2. The predicted molar refractivity (Wildman–Crippen MR) is 77.0 cm³/mol. The van der Waals surface area contributed by atoms with Gasteiger partial charge in [-0.25, -0.2) is 0 Å². The summed E-state index contributed by atoms with van der Waals surface area (Å²) in [6.45, 7) is 4.03. The maximum atomic E-state index is 12.2. The van der Waals surface area contributed by atoms with Crippen LogP contribution in [-0.4, -0.2) is 18.0 Å². The van der Waals surface area contributed by atoms with Gasteiger partial charge in [0.25, 0.3) is 0 Å². The number of anilines is 1. The Bertz CT molecular complexity index is 526. The summed E-state index contributed by atoms with van der Waals surface area (Å²) in [5.41, 5.74) is 0.649. The number of hydrogen-bond donors (Lipinski definition) is 2. The standard InChI is InChI=1S/C15H19F3N2O2/c1-3-11(4-2)13(21)19-9-10-6-5-7-12(8-10)20-14(22)15(16,17)18/h5-8,11H,3-4,9H2,1-2H3,(H,19,21)(H,20,22). The zero-order valence-corrected chi connectivity index (χ0v) is 12.5. The number of hydrogen-bond acceptors (Lipinski definition) is 2. The maximum absolute atomic E-state index is 12.2. The number of amides is 2. The molecule has 0 fully saturated rings. The van der Waals surface area contributed by atoms with Crippen LogP contribution in [0.15, 0.2) is 24.3 Å². The minimum atomic E-state index is -4.93. The normalized spacial score (nSPS) is 11.4. The molecular weight excluding hydrogens is 297 g/mol. The van der Waals surface area contributed by atoms with E-state index in [1.54, 1.807) is 11.4 Å². The second kappa shape index (κ2) is 7.82. The molecule has 4 nitrogen and oxygen atoms in total. The number of nitrogens with one attached hydrogen (secondary N) is 2. The van der Waals surface area contributed by atoms with Crippen molar-refractivity contribution in [2.45, 2.75) is 39.4 Å². The maximum Gasteiger partial charge on any atom is 0.471 e. The second-order valence-corrected chi connectivity index (χ2v) is 4.88. The van der Waals surface area contributed by atoms with Gasteiger partial charge in [0.05, 0.1) is 0 Å². The fourth-order valence-corrected chi connectivity index (χ4v) is 1.95. The van der Waals surface area contributed by atoms with Crippen molar-refractivity contribution in [3.63, 3.8) is 0 Å². The van der Waals surface area contributed by atoms with Gasteiger partial charge in [0, 0.05) is 18.2 Å². The van der Waals surface area contributed by atoms with Crippen molar-refractivity contribution in [1.82, 2.24) is 5.32 Å². The Hall–Kier alpha value is -2.05. The fourth-order valence-electron chi connectivity index (χ4n) is 1.95. The summed E-state index contributed by atoms with van der Waals surface area (Å²) in [7, 11) is 0. The molecule has 0 bridgehead atoms. The lowest BCUT2D eigenvalue weighted by atomic mass is 10.0. The van der Waals surface area contributed by atoms with Crippen LogP contribution in [0, 0.1) is 5.92 Å². The molecule has 2 amide bonds. The molecule has 0 spiro atoms. The van der Waals surface area contributed by atoms with E-state index in [1.807, 2.05) is 13.8 Å².